The van der Waals surface area contributed by atoms with Gasteiger partial charge in [-0.1, -0.05) is 13.0 Å². The first-order valence-electron chi connectivity index (χ1n) is 7.58. The number of benzene rings is 1. The van der Waals surface area contributed by atoms with Crippen LogP contribution in [0, 0.1) is 11.3 Å². The molecule has 120 valence electrons. The molecule has 0 radical (unpaired) electrons. The van der Waals surface area contributed by atoms with Crippen LogP contribution in [0.4, 0.5) is 5.69 Å². The lowest BCUT2D eigenvalue weighted by atomic mass is 10.3. The highest BCUT2D eigenvalue weighted by atomic mass is 16.5. The third kappa shape index (κ3) is 3.90. The summed E-state index contributed by atoms with van der Waals surface area (Å²) in [6.45, 7) is 2.52. The molecule has 3 aromatic rings. The summed E-state index contributed by atoms with van der Waals surface area (Å²) in [6.07, 6.45) is 4.05. The van der Waals surface area contributed by atoms with Gasteiger partial charge in [0.15, 0.2) is 0 Å². The van der Waals surface area contributed by atoms with Gasteiger partial charge in [-0.25, -0.2) is 9.97 Å². The van der Waals surface area contributed by atoms with Crippen molar-refractivity contribution < 1.29 is 9.15 Å². The van der Waals surface area contributed by atoms with Crippen LogP contribution in [0.1, 0.15) is 24.1 Å². The first-order chi connectivity index (χ1) is 11.8. The predicted molar refractivity (Wildman–Crippen MR) is 88.7 cm³/mol. The van der Waals surface area contributed by atoms with Crippen molar-refractivity contribution in [2.75, 3.05) is 5.32 Å². The summed E-state index contributed by atoms with van der Waals surface area (Å²) in [5, 5.41) is 12.0. The third-order valence-electron chi connectivity index (χ3n) is 3.32. The lowest BCUT2D eigenvalue weighted by molar-refractivity contribution is 0.461. The fourth-order valence-corrected chi connectivity index (χ4v) is 2.07. The average Bonchev–Trinajstić information content (AvgIpc) is 3.09. The number of aryl methyl sites for hydroxylation is 1. The smallest absolute Gasteiger partial charge is 0.219 e. The number of aromatic nitrogens is 2. The van der Waals surface area contributed by atoms with Crippen molar-refractivity contribution in [1.82, 2.24) is 9.97 Å². The van der Waals surface area contributed by atoms with Gasteiger partial charge in [-0.05, 0) is 18.2 Å². The number of hydrogen-bond donors (Lipinski definition) is 1. The van der Waals surface area contributed by atoms with Gasteiger partial charge in [0.1, 0.15) is 17.6 Å². The van der Waals surface area contributed by atoms with Crippen LogP contribution in [0.3, 0.4) is 0 Å². The second kappa shape index (κ2) is 7.29. The fourth-order valence-electron chi connectivity index (χ4n) is 2.07. The van der Waals surface area contributed by atoms with E-state index in [1.54, 1.807) is 18.3 Å². The van der Waals surface area contributed by atoms with Crippen LogP contribution in [0.15, 0.2) is 53.2 Å². The molecular formula is C18H16N4O2. The summed E-state index contributed by atoms with van der Waals surface area (Å²) < 4.78 is 11.3. The summed E-state index contributed by atoms with van der Waals surface area (Å²) in [6, 6.07) is 12.9. The Hall–Kier alpha value is -3.33. The monoisotopic (exact) mass is 320 g/mol. The van der Waals surface area contributed by atoms with Crippen molar-refractivity contribution in [3.05, 3.63) is 66.0 Å². The van der Waals surface area contributed by atoms with Gasteiger partial charge in [0, 0.05) is 30.4 Å². The molecule has 0 aliphatic heterocycles. The maximum absolute atomic E-state index is 8.77. The molecule has 2 aromatic heterocycles. The molecule has 0 bridgehead atoms. The molecule has 6 heteroatoms. The van der Waals surface area contributed by atoms with E-state index in [0.717, 1.165) is 17.9 Å². The van der Waals surface area contributed by atoms with Crippen LogP contribution >= 0.6 is 0 Å². The molecule has 1 N–H and O–H groups in total. The minimum atomic E-state index is 0.437. The highest BCUT2D eigenvalue weighted by molar-refractivity contribution is 5.48. The Bertz CT molecular complexity index is 850. The van der Waals surface area contributed by atoms with E-state index in [4.69, 9.17) is 14.4 Å². The number of oxazole rings is 1. The molecule has 0 spiro atoms. The van der Waals surface area contributed by atoms with Crippen LogP contribution in [0.25, 0.3) is 0 Å². The van der Waals surface area contributed by atoms with E-state index >= 15 is 0 Å². The summed E-state index contributed by atoms with van der Waals surface area (Å²) in [7, 11) is 0. The van der Waals surface area contributed by atoms with Gasteiger partial charge < -0.3 is 14.5 Å². The summed E-state index contributed by atoms with van der Waals surface area (Å²) in [5.74, 6) is 2.60. The lowest BCUT2D eigenvalue weighted by Crippen LogP contribution is -1.99. The van der Waals surface area contributed by atoms with Gasteiger partial charge in [-0.15, -0.1) is 0 Å². The molecule has 0 atom stereocenters. The van der Waals surface area contributed by atoms with Gasteiger partial charge in [0.2, 0.25) is 11.8 Å². The van der Waals surface area contributed by atoms with Gasteiger partial charge in [0.25, 0.3) is 0 Å². The molecule has 1 aromatic carbocycles. The maximum Gasteiger partial charge on any atom is 0.219 e. The maximum atomic E-state index is 8.77. The van der Waals surface area contributed by atoms with Crippen molar-refractivity contribution in [2.24, 2.45) is 0 Å². The Kier molecular flexibility index (Phi) is 4.73. The quantitative estimate of drug-likeness (QED) is 0.741. The van der Waals surface area contributed by atoms with Gasteiger partial charge in [0.05, 0.1) is 18.3 Å². The highest BCUT2D eigenvalue weighted by Crippen LogP contribution is 2.23. The zero-order valence-electron chi connectivity index (χ0n) is 13.2. The minimum absolute atomic E-state index is 0.437. The SMILES string of the molecule is CCc1cnc(CNc2cccc(Oc3ccc(C#N)cn3)c2)o1. The normalized spacial score (nSPS) is 10.2. The Morgan fingerprint density at radius 3 is 2.83 bits per heavy atom. The first-order valence-corrected chi connectivity index (χ1v) is 7.58. The average molecular weight is 320 g/mol. The van der Waals surface area contributed by atoms with E-state index in [-0.39, 0.29) is 0 Å². The standard InChI is InChI=1S/C18H16N4O2/c1-2-15-11-22-18(23-15)12-20-14-4-3-5-16(8-14)24-17-7-6-13(9-19)10-21-17/h3-8,10-11,20H,2,12H2,1H3. The molecule has 0 aliphatic rings. The molecule has 0 unspecified atom stereocenters. The van der Waals surface area contributed by atoms with Crippen molar-refractivity contribution in [1.29, 1.82) is 5.26 Å². The first kappa shape index (κ1) is 15.6. The Morgan fingerprint density at radius 1 is 1.21 bits per heavy atom. The van der Waals surface area contributed by atoms with E-state index in [1.165, 1.54) is 6.20 Å². The van der Waals surface area contributed by atoms with Gasteiger partial charge in [-0.2, -0.15) is 5.26 Å². The largest absolute Gasteiger partial charge is 0.444 e. The molecule has 0 saturated heterocycles. The van der Waals surface area contributed by atoms with E-state index in [0.29, 0.717) is 29.6 Å². The van der Waals surface area contributed by atoms with Gasteiger partial charge >= 0.3 is 0 Å². The highest BCUT2D eigenvalue weighted by Gasteiger charge is 2.04. The number of hydrogen-bond acceptors (Lipinski definition) is 6. The van der Waals surface area contributed by atoms with Crippen LogP contribution in [0.5, 0.6) is 11.6 Å². The summed E-state index contributed by atoms with van der Waals surface area (Å²) >= 11 is 0. The molecule has 0 aliphatic carbocycles. The number of pyridine rings is 1. The number of rotatable bonds is 6. The number of nitriles is 1. The van der Waals surface area contributed by atoms with E-state index in [9.17, 15) is 0 Å². The molecule has 2 heterocycles. The van der Waals surface area contributed by atoms with Gasteiger partial charge in [-0.3, -0.25) is 0 Å². The van der Waals surface area contributed by atoms with Crippen LogP contribution < -0.4 is 10.1 Å². The zero-order valence-corrected chi connectivity index (χ0v) is 13.2. The molecular weight excluding hydrogens is 304 g/mol. The Balaban J connectivity index is 1.63. The summed E-state index contributed by atoms with van der Waals surface area (Å²) in [5.41, 5.74) is 1.38. The van der Waals surface area contributed by atoms with Crippen molar-refractivity contribution >= 4 is 5.69 Å². The number of nitrogens with one attached hydrogen (secondary N) is 1. The Morgan fingerprint density at radius 2 is 2.12 bits per heavy atom. The fraction of sp³-hybridized carbons (Fsp3) is 0.167. The molecule has 0 amide bonds. The van der Waals surface area contributed by atoms with E-state index in [1.807, 2.05) is 37.3 Å². The van der Waals surface area contributed by atoms with Crippen LogP contribution in [-0.2, 0) is 13.0 Å². The molecule has 24 heavy (non-hydrogen) atoms. The van der Waals surface area contributed by atoms with Crippen LogP contribution in [0.2, 0.25) is 0 Å². The zero-order chi connectivity index (χ0) is 16.8. The van der Waals surface area contributed by atoms with Crippen molar-refractivity contribution in [3.63, 3.8) is 0 Å². The number of ether oxygens (including phenoxy) is 1. The van der Waals surface area contributed by atoms with Crippen molar-refractivity contribution in [2.45, 2.75) is 19.9 Å². The lowest BCUT2D eigenvalue weighted by Gasteiger charge is -2.08. The Labute approximate surface area is 139 Å². The molecule has 3 rings (SSSR count). The van der Waals surface area contributed by atoms with E-state index < -0.39 is 0 Å². The second-order valence-electron chi connectivity index (χ2n) is 5.05. The molecule has 6 nitrogen and oxygen atoms in total. The molecule has 0 saturated carbocycles. The van der Waals surface area contributed by atoms with Crippen molar-refractivity contribution in [3.8, 4) is 17.7 Å². The van der Waals surface area contributed by atoms with Crippen LogP contribution in [-0.4, -0.2) is 9.97 Å². The second-order valence-corrected chi connectivity index (χ2v) is 5.05. The predicted octanol–water partition coefficient (Wildman–Crippen LogP) is 3.91. The summed E-state index contributed by atoms with van der Waals surface area (Å²) in [4.78, 5) is 8.30. The van der Waals surface area contributed by atoms with E-state index in [2.05, 4.69) is 15.3 Å². The topological polar surface area (TPSA) is 84.0 Å². The third-order valence-corrected chi connectivity index (χ3v) is 3.32. The minimum Gasteiger partial charge on any atom is -0.444 e. The number of nitrogens with zero attached hydrogens (tertiary/aromatic N) is 3. The molecule has 0 fully saturated rings. The number of anilines is 1.